The fourth-order valence-electron chi connectivity index (χ4n) is 4.53. The van der Waals surface area contributed by atoms with E-state index in [1.165, 1.54) is 0 Å². The van der Waals surface area contributed by atoms with Crippen molar-refractivity contribution in [1.29, 1.82) is 5.26 Å². The molecule has 0 unspecified atom stereocenters. The van der Waals surface area contributed by atoms with Crippen LogP contribution in [0.15, 0.2) is 36.7 Å². The van der Waals surface area contributed by atoms with Crippen molar-refractivity contribution in [2.75, 3.05) is 25.0 Å². The number of rotatable bonds is 7. The lowest BCUT2D eigenvalue weighted by atomic mass is 10.0. The van der Waals surface area contributed by atoms with Crippen molar-refractivity contribution in [3.63, 3.8) is 0 Å². The summed E-state index contributed by atoms with van der Waals surface area (Å²) in [5, 5.41) is 25.8. The molecular weight excluding hydrogens is 428 g/mol. The summed E-state index contributed by atoms with van der Waals surface area (Å²) in [5.74, 6) is 0. The number of likely N-dealkylation sites (tertiary alicyclic amines) is 1. The summed E-state index contributed by atoms with van der Waals surface area (Å²) in [5.41, 5.74) is 6.21. The average molecular weight is 459 g/mol. The number of nitriles is 1. The molecule has 0 spiro atoms. The molecule has 1 fully saturated rings. The number of anilines is 2. The molecule has 0 saturated carbocycles. The molecule has 8 nitrogen and oxygen atoms in total. The first kappa shape index (κ1) is 23.3. The quantitative estimate of drug-likeness (QED) is 0.399. The van der Waals surface area contributed by atoms with E-state index in [0.29, 0.717) is 5.56 Å². The third-order valence-electron chi connectivity index (χ3n) is 6.51. The minimum atomic E-state index is -0.947. The van der Waals surface area contributed by atoms with E-state index in [4.69, 9.17) is 5.11 Å². The molecule has 0 bridgehead atoms. The van der Waals surface area contributed by atoms with Crippen LogP contribution in [0.25, 0.3) is 17.0 Å². The van der Waals surface area contributed by atoms with Crippen LogP contribution in [0, 0.1) is 25.2 Å². The van der Waals surface area contributed by atoms with E-state index >= 15 is 0 Å². The summed E-state index contributed by atoms with van der Waals surface area (Å²) < 4.78 is 0. The zero-order chi connectivity index (χ0) is 24.1. The summed E-state index contributed by atoms with van der Waals surface area (Å²) in [4.78, 5) is 20.8. The van der Waals surface area contributed by atoms with Crippen molar-refractivity contribution in [3.8, 4) is 6.07 Å². The lowest BCUT2D eigenvalue weighted by Gasteiger charge is -2.31. The first-order valence-electron chi connectivity index (χ1n) is 11.6. The number of nitrogens with one attached hydrogen (secondary N) is 3. The monoisotopic (exact) mass is 458 g/mol. The molecule has 1 aromatic carbocycles. The molecule has 1 aliphatic heterocycles. The molecule has 1 saturated heterocycles. The van der Waals surface area contributed by atoms with Gasteiger partial charge in [-0.2, -0.15) is 5.26 Å². The predicted molar refractivity (Wildman–Crippen MR) is 134 cm³/mol. The minimum Gasteiger partial charge on any atom is -0.465 e. The van der Waals surface area contributed by atoms with Crippen molar-refractivity contribution < 1.29 is 9.90 Å². The maximum atomic E-state index is 10.8. The van der Waals surface area contributed by atoms with Gasteiger partial charge in [-0.05, 0) is 56.9 Å². The van der Waals surface area contributed by atoms with Crippen LogP contribution in [0.5, 0.6) is 0 Å². The fraction of sp³-hybridized carbons (Fsp3) is 0.346. The first-order chi connectivity index (χ1) is 16.5. The highest BCUT2D eigenvalue weighted by molar-refractivity contribution is 5.90. The van der Waals surface area contributed by atoms with Crippen LogP contribution < -0.4 is 10.6 Å². The number of amides is 1. The van der Waals surface area contributed by atoms with Crippen molar-refractivity contribution in [2.24, 2.45) is 0 Å². The molecule has 34 heavy (non-hydrogen) atoms. The smallest absolute Gasteiger partial charge is 0.404 e. The number of aromatic amines is 1. The Balaban J connectivity index is 1.47. The number of pyridine rings is 1. The largest absolute Gasteiger partial charge is 0.465 e. The van der Waals surface area contributed by atoms with Crippen LogP contribution in [-0.4, -0.2) is 51.7 Å². The Morgan fingerprint density at radius 2 is 2.12 bits per heavy atom. The van der Waals surface area contributed by atoms with Gasteiger partial charge in [-0.25, -0.2) is 4.79 Å². The van der Waals surface area contributed by atoms with Crippen molar-refractivity contribution >= 4 is 34.4 Å². The Kier molecular flexibility index (Phi) is 7.14. The summed E-state index contributed by atoms with van der Waals surface area (Å²) in [6, 6.07) is 8.45. The highest BCUT2D eigenvalue weighted by atomic mass is 16.4. The van der Waals surface area contributed by atoms with E-state index in [9.17, 15) is 10.1 Å². The molecular formula is C26H30N6O2. The molecule has 0 aliphatic carbocycles. The number of hydrogen-bond acceptors (Lipinski definition) is 5. The molecule has 1 amide bonds. The zero-order valence-corrected chi connectivity index (χ0v) is 19.6. The lowest BCUT2D eigenvalue weighted by molar-refractivity contribution is 0.169. The Hall–Kier alpha value is -3.83. The van der Waals surface area contributed by atoms with Gasteiger partial charge in [0.15, 0.2) is 0 Å². The maximum Gasteiger partial charge on any atom is 0.404 e. The van der Waals surface area contributed by atoms with Crippen LogP contribution in [0.3, 0.4) is 0 Å². The third kappa shape index (κ3) is 5.21. The topological polar surface area (TPSA) is 117 Å². The number of aryl methyl sites for hydroxylation is 2. The molecule has 3 aromatic rings. The Morgan fingerprint density at radius 1 is 1.32 bits per heavy atom. The second kappa shape index (κ2) is 10.4. The van der Waals surface area contributed by atoms with Gasteiger partial charge in [0.2, 0.25) is 0 Å². The van der Waals surface area contributed by atoms with Crippen LogP contribution in [-0.2, 0) is 0 Å². The molecule has 0 atom stereocenters. The van der Waals surface area contributed by atoms with Crippen molar-refractivity contribution in [3.05, 3.63) is 59.1 Å². The summed E-state index contributed by atoms with van der Waals surface area (Å²) in [6.45, 7) is 6.71. The minimum absolute atomic E-state index is 0.0503. The van der Waals surface area contributed by atoms with Gasteiger partial charge < -0.3 is 25.6 Å². The lowest BCUT2D eigenvalue weighted by Crippen LogP contribution is -2.44. The van der Waals surface area contributed by atoms with Gasteiger partial charge in [-0.3, -0.25) is 4.98 Å². The molecule has 8 heteroatoms. The van der Waals surface area contributed by atoms with E-state index in [1.54, 1.807) is 6.20 Å². The maximum absolute atomic E-state index is 10.8. The molecule has 4 N–H and O–H groups in total. The standard InChI is InChI=1S/C26H30N6O2/c1-17-21-8-11-28-24(21)7-6-23(17)31-25-19(15-27)16-29-18(2)22(25)5-3-4-12-32-13-9-20(10-14-32)30-26(33)34/h3,5-8,11,16,20,28,30H,4,9-10,12-14H2,1-2H3,(H,29,31)(H,33,34). The van der Waals surface area contributed by atoms with Gasteiger partial charge in [0, 0.05) is 65.9 Å². The summed E-state index contributed by atoms with van der Waals surface area (Å²) >= 11 is 0. The molecule has 3 heterocycles. The second-order valence-electron chi connectivity index (χ2n) is 8.72. The number of aromatic nitrogens is 2. The number of piperidine rings is 1. The van der Waals surface area contributed by atoms with Gasteiger partial charge in [-0.1, -0.05) is 12.2 Å². The molecule has 4 rings (SSSR count). The van der Waals surface area contributed by atoms with Crippen molar-refractivity contribution in [1.82, 2.24) is 20.2 Å². The molecule has 1 aliphatic rings. The van der Waals surface area contributed by atoms with E-state index in [1.807, 2.05) is 31.3 Å². The number of carbonyl (C=O) groups is 1. The van der Waals surface area contributed by atoms with Gasteiger partial charge in [0.05, 0.1) is 11.3 Å². The number of carboxylic acid groups (broad SMARTS) is 1. The number of hydrogen-bond donors (Lipinski definition) is 4. The number of fused-ring (bicyclic) bond motifs is 1. The molecule has 0 radical (unpaired) electrons. The van der Waals surface area contributed by atoms with Gasteiger partial charge in [-0.15, -0.1) is 0 Å². The van der Waals surface area contributed by atoms with Gasteiger partial charge in [0.25, 0.3) is 0 Å². The normalized spacial score (nSPS) is 15.0. The summed E-state index contributed by atoms with van der Waals surface area (Å²) in [6.07, 6.45) is 9.31. The third-order valence-corrected chi connectivity index (χ3v) is 6.51. The second-order valence-corrected chi connectivity index (χ2v) is 8.72. The Bertz CT molecular complexity index is 1250. The summed E-state index contributed by atoms with van der Waals surface area (Å²) in [7, 11) is 0. The van der Waals surface area contributed by atoms with Gasteiger partial charge in [0.1, 0.15) is 6.07 Å². The van der Waals surface area contributed by atoms with Crippen LogP contribution in [0.2, 0.25) is 0 Å². The highest BCUT2D eigenvalue weighted by Gasteiger charge is 2.19. The molecule has 2 aromatic heterocycles. The van der Waals surface area contributed by atoms with Gasteiger partial charge >= 0.3 is 6.09 Å². The first-order valence-corrected chi connectivity index (χ1v) is 11.6. The average Bonchev–Trinajstić information content (AvgIpc) is 3.30. The number of H-pyrrole nitrogens is 1. The van der Waals surface area contributed by atoms with Crippen LogP contribution >= 0.6 is 0 Å². The number of nitrogens with zero attached hydrogens (tertiary/aromatic N) is 3. The van der Waals surface area contributed by atoms with Crippen molar-refractivity contribution in [2.45, 2.75) is 39.2 Å². The SMILES string of the molecule is Cc1ncc(C#N)c(Nc2ccc3[nH]ccc3c2C)c1C=CCCN1CCC(NC(=O)O)CC1. The molecule has 176 valence electrons. The van der Waals surface area contributed by atoms with Crippen LogP contribution in [0.4, 0.5) is 16.2 Å². The van der Waals surface area contributed by atoms with Crippen LogP contribution in [0.1, 0.15) is 41.6 Å². The van der Waals surface area contributed by atoms with E-state index < -0.39 is 6.09 Å². The number of benzene rings is 1. The fourth-order valence-corrected chi connectivity index (χ4v) is 4.53. The van der Waals surface area contributed by atoms with E-state index in [-0.39, 0.29) is 6.04 Å². The van der Waals surface area contributed by atoms with E-state index in [0.717, 1.165) is 78.0 Å². The van der Waals surface area contributed by atoms with E-state index in [2.05, 4.69) is 50.6 Å². The Morgan fingerprint density at radius 3 is 2.85 bits per heavy atom. The highest BCUT2D eigenvalue weighted by Crippen LogP contribution is 2.32. The predicted octanol–water partition coefficient (Wildman–Crippen LogP) is 4.93. The Labute approximate surface area is 199 Å². The zero-order valence-electron chi connectivity index (χ0n) is 19.6.